The number of carbonyl (C=O) groups is 2. The lowest BCUT2D eigenvalue weighted by atomic mass is 9.85. The number of hydrogen-bond acceptors (Lipinski definition) is 7. The molecule has 0 aliphatic carbocycles. The summed E-state index contributed by atoms with van der Waals surface area (Å²) in [6.07, 6.45) is 3.35. The normalized spacial score (nSPS) is 13.9. The van der Waals surface area contributed by atoms with Crippen molar-refractivity contribution in [1.29, 1.82) is 0 Å². The van der Waals surface area contributed by atoms with E-state index in [-0.39, 0.29) is 32.8 Å². The second kappa shape index (κ2) is 16.2. The lowest BCUT2D eigenvalue weighted by Gasteiger charge is -2.30. The molecule has 2 N–H and O–H groups in total. The first-order valence-electron chi connectivity index (χ1n) is 12.4. The summed E-state index contributed by atoms with van der Waals surface area (Å²) in [5, 5.41) is 5.52. The van der Waals surface area contributed by atoms with Crippen molar-refractivity contribution in [2.45, 2.75) is 77.7 Å². The molecule has 0 bridgehead atoms. The molecule has 0 saturated carbocycles. The fraction of sp³-hybridized carbons (Fsp3) is 0.630. The summed E-state index contributed by atoms with van der Waals surface area (Å²) < 4.78 is 64.9. The molecule has 0 aliphatic rings. The molecule has 0 radical (unpaired) electrons. The van der Waals surface area contributed by atoms with E-state index in [1.54, 1.807) is 41.5 Å². The van der Waals surface area contributed by atoms with Gasteiger partial charge in [0, 0.05) is 24.1 Å². The van der Waals surface area contributed by atoms with Crippen molar-refractivity contribution in [2.75, 3.05) is 33.0 Å². The minimum absolute atomic E-state index is 0.169. The summed E-state index contributed by atoms with van der Waals surface area (Å²) in [5.41, 5.74) is -1.42. The molecule has 0 aromatic heterocycles. The Morgan fingerprint density at radius 1 is 1.03 bits per heavy atom. The maximum atomic E-state index is 14.9. The molecule has 1 amide bonds. The van der Waals surface area contributed by atoms with Crippen molar-refractivity contribution < 1.29 is 41.7 Å². The average molecular weight is 545 g/mol. The van der Waals surface area contributed by atoms with Gasteiger partial charge in [-0.25, -0.2) is 22.8 Å². The van der Waals surface area contributed by atoms with E-state index >= 15 is 0 Å². The number of hydrogen-bond donors (Lipinski definition) is 2. The second-order valence-corrected chi connectivity index (χ2v) is 9.90. The van der Waals surface area contributed by atoms with E-state index < -0.39 is 64.8 Å². The van der Waals surface area contributed by atoms with Gasteiger partial charge in [0.2, 0.25) is 0 Å². The van der Waals surface area contributed by atoms with Crippen LogP contribution in [0.1, 0.15) is 59.4 Å². The monoisotopic (exact) mass is 544 g/mol. The third-order valence-electron chi connectivity index (χ3n) is 5.14. The van der Waals surface area contributed by atoms with Gasteiger partial charge in [-0.1, -0.05) is 5.92 Å². The van der Waals surface area contributed by atoms with Crippen molar-refractivity contribution in [3.05, 3.63) is 35.1 Å². The molecule has 214 valence electrons. The Labute approximate surface area is 222 Å². The minimum atomic E-state index is -1.38. The van der Waals surface area contributed by atoms with E-state index in [1.165, 1.54) is 0 Å². The first-order valence-corrected chi connectivity index (χ1v) is 12.4. The number of benzene rings is 1. The van der Waals surface area contributed by atoms with Crippen LogP contribution in [0.3, 0.4) is 0 Å². The number of ether oxygens (including phenoxy) is 4. The predicted molar refractivity (Wildman–Crippen MR) is 136 cm³/mol. The summed E-state index contributed by atoms with van der Waals surface area (Å²) in [7, 11) is 0. The lowest BCUT2D eigenvalue weighted by Crippen LogP contribution is -2.47. The first-order chi connectivity index (χ1) is 17.8. The molecule has 0 heterocycles. The number of terminal acetylenes is 1. The third-order valence-corrected chi connectivity index (χ3v) is 5.14. The number of nitrogens with one attached hydrogen (secondary N) is 2. The van der Waals surface area contributed by atoms with Crippen molar-refractivity contribution in [2.24, 2.45) is 0 Å². The highest BCUT2D eigenvalue weighted by atomic mass is 19.2. The molecule has 0 fully saturated rings. The van der Waals surface area contributed by atoms with Gasteiger partial charge < -0.3 is 29.6 Å². The smallest absolute Gasteiger partial charge is 0.408 e. The number of alkyl carbamates (subject to hydrolysis) is 1. The molecule has 3 atom stereocenters. The Bertz CT molecular complexity index is 946. The summed E-state index contributed by atoms with van der Waals surface area (Å²) in [5.74, 6) is -3.18. The van der Waals surface area contributed by atoms with Crippen LogP contribution in [0.15, 0.2) is 12.1 Å². The molecule has 1 aromatic carbocycles. The molecule has 0 spiro atoms. The van der Waals surface area contributed by atoms with Gasteiger partial charge in [-0.3, -0.25) is 0 Å². The quantitative estimate of drug-likeness (QED) is 0.149. The van der Waals surface area contributed by atoms with Crippen molar-refractivity contribution in [1.82, 2.24) is 10.6 Å². The summed E-state index contributed by atoms with van der Waals surface area (Å²) in [6, 6.07) is -0.525. The van der Waals surface area contributed by atoms with Gasteiger partial charge in [-0.05, 0) is 60.1 Å². The highest BCUT2D eigenvalue weighted by Gasteiger charge is 2.35. The maximum Gasteiger partial charge on any atom is 0.408 e. The Balaban J connectivity index is 3.15. The van der Waals surface area contributed by atoms with Crippen LogP contribution < -0.4 is 10.6 Å². The van der Waals surface area contributed by atoms with Crippen molar-refractivity contribution >= 4 is 12.1 Å². The topological polar surface area (TPSA) is 95.1 Å². The average Bonchev–Trinajstić information content (AvgIpc) is 2.80. The van der Waals surface area contributed by atoms with Gasteiger partial charge in [0.15, 0.2) is 11.6 Å². The number of rotatable bonds is 15. The van der Waals surface area contributed by atoms with E-state index in [4.69, 9.17) is 25.4 Å². The fourth-order valence-corrected chi connectivity index (χ4v) is 3.54. The molecule has 0 aliphatic heterocycles. The van der Waals surface area contributed by atoms with Gasteiger partial charge in [0.05, 0.1) is 25.9 Å². The van der Waals surface area contributed by atoms with Gasteiger partial charge in [-0.2, -0.15) is 0 Å². The molecule has 8 nitrogen and oxygen atoms in total. The zero-order chi connectivity index (χ0) is 28.9. The Morgan fingerprint density at radius 2 is 1.66 bits per heavy atom. The van der Waals surface area contributed by atoms with Gasteiger partial charge >= 0.3 is 12.1 Å². The Hall–Kier alpha value is -2.81. The lowest BCUT2D eigenvalue weighted by molar-refractivity contribution is -0.150. The van der Waals surface area contributed by atoms with Gasteiger partial charge in [0.25, 0.3) is 0 Å². The summed E-state index contributed by atoms with van der Waals surface area (Å²) >= 11 is 0. The van der Waals surface area contributed by atoms with Crippen LogP contribution in [-0.2, 0) is 23.7 Å². The van der Waals surface area contributed by atoms with E-state index in [9.17, 15) is 22.8 Å². The predicted octanol–water partition coefficient (Wildman–Crippen LogP) is 4.07. The molecule has 38 heavy (non-hydrogen) atoms. The first kappa shape index (κ1) is 33.2. The van der Waals surface area contributed by atoms with Gasteiger partial charge in [-0.15, -0.1) is 6.42 Å². The molecular formula is C27H39F3N2O6. The number of amides is 1. The Kier molecular flexibility index (Phi) is 14.2. The molecule has 1 aromatic rings. The molecular weight excluding hydrogens is 505 g/mol. The van der Waals surface area contributed by atoms with Gasteiger partial charge in [0.1, 0.15) is 24.1 Å². The van der Waals surface area contributed by atoms with E-state index in [1.807, 2.05) is 0 Å². The molecule has 3 unspecified atom stereocenters. The maximum absolute atomic E-state index is 14.9. The molecule has 1 rings (SSSR count). The number of carbonyl (C=O) groups excluding carboxylic acids is 2. The van der Waals surface area contributed by atoms with Crippen LogP contribution in [0.25, 0.3) is 0 Å². The third kappa shape index (κ3) is 12.2. The van der Waals surface area contributed by atoms with Crippen molar-refractivity contribution in [3.8, 4) is 12.3 Å². The SMILES string of the molecule is C#CCOCCOCCNC(C)C(CC(NC(=O)OC(C)(C)C)C(=O)OC(C)C)c1c(F)ccc(F)c1F. The summed E-state index contributed by atoms with van der Waals surface area (Å²) in [6.45, 7) is 11.1. The van der Waals surface area contributed by atoms with E-state index in [2.05, 4.69) is 16.6 Å². The zero-order valence-corrected chi connectivity index (χ0v) is 22.9. The highest BCUT2D eigenvalue weighted by Crippen LogP contribution is 2.31. The number of esters is 1. The van der Waals surface area contributed by atoms with Crippen LogP contribution in [0, 0.1) is 29.8 Å². The van der Waals surface area contributed by atoms with Crippen LogP contribution in [0.4, 0.5) is 18.0 Å². The fourth-order valence-electron chi connectivity index (χ4n) is 3.54. The van der Waals surface area contributed by atoms with E-state index in [0.29, 0.717) is 12.7 Å². The number of halogens is 3. The Morgan fingerprint density at radius 3 is 2.26 bits per heavy atom. The van der Waals surface area contributed by atoms with Crippen molar-refractivity contribution in [3.63, 3.8) is 0 Å². The standard InChI is InChI=1S/C27H39F3N2O6/c1-8-12-35-14-15-36-13-11-31-18(4)19(23-20(28)9-10-21(29)24(23)30)16-22(25(33)37-17(2)3)32-26(34)38-27(5,6)7/h1,9-10,17-19,22,31H,11-16H2,2-7H3,(H,32,34). The van der Waals surface area contributed by atoms with E-state index in [0.717, 1.165) is 6.07 Å². The summed E-state index contributed by atoms with van der Waals surface area (Å²) in [4.78, 5) is 25.3. The molecule has 11 heteroatoms. The van der Waals surface area contributed by atoms with Crippen LogP contribution in [0.5, 0.6) is 0 Å². The second-order valence-electron chi connectivity index (χ2n) is 9.90. The largest absolute Gasteiger partial charge is 0.461 e. The van der Waals surface area contributed by atoms with Crippen LogP contribution >= 0.6 is 0 Å². The minimum Gasteiger partial charge on any atom is -0.461 e. The molecule has 0 saturated heterocycles. The zero-order valence-electron chi connectivity index (χ0n) is 22.9. The highest BCUT2D eigenvalue weighted by molar-refractivity contribution is 5.81. The van der Waals surface area contributed by atoms with Crippen LogP contribution in [-0.4, -0.2) is 68.8 Å². The van der Waals surface area contributed by atoms with Crippen LogP contribution in [0.2, 0.25) is 0 Å².